The highest BCUT2D eigenvalue weighted by molar-refractivity contribution is 5.73. The summed E-state index contributed by atoms with van der Waals surface area (Å²) in [6, 6.07) is 8.05. The van der Waals surface area contributed by atoms with E-state index < -0.39 is 6.10 Å². The lowest BCUT2D eigenvalue weighted by Crippen LogP contribution is -2.48. The topological polar surface area (TPSA) is 47.0 Å². The summed E-state index contributed by atoms with van der Waals surface area (Å²) >= 11 is 0. The van der Waals surface area contributed by atoms with Gasteiger partial charge in [0.1, 0.15) is 0 Å². The molecular weight excluding hydrogens is 278 g/mol. The maximum Gasteiger partial charge on any atom is 0.219 e. The summed E-state index contributed by atoms with van der Waals surface area (Å²) < 4.78 is 0. The van der Waals surface area contributed by atoms with Gasteiger partial charge in [0.15, 0.2) is 0 Å². The zero-order chi connectivity index (χ0) is 16.1. The summed E-state index contributed by atoms with van der Waals surface area (Å²) in [4.78, 5) is 17.5. The van der Waals surface area contributed by atoms with Gasteiger partial charge in [0, 0.05) is 59.4 Å². The molecular formula is C17H27N3O2. The van der Waals surface area contributed by atoms with E-state index in [0.717, 1.165) is 50.4 Å². The van der Waals surface area contributed by atoms with Crippen LogP contribution in [-0.2, 0) is 4.79 Å². The highest BCUT2D eigenvalue weighted by Crippen LogP contribution is 2.20. The lowest BCUT2D eigenvalue weighted by Gasteiger charge is -2.34. The van der Waals surface area contributed by atoms with E-state index in [2.05, 4.69) is 4.90 Å². The molecule has 1 aliphatic heterocycles. The van der Waals surface area contributed by atoms with E-state index in [1.807, 2.05) is 48.2 Å². The van der Waals surface area contributed by atoms with Crippen molar-refractivity contribution >= 4 is 11.6 Å². The molecule has 0 spiro atoms. The molecule has 0 aliphatic carbocycles. The predicted octanol–water partition coefficient (Wildman–Crippen LogP) is 1.34. The highest BCUT2D eigenvalue weighted by Gasteiger charge is 2.19. The molecule has 1 fully saturated rings. The summed E-state index contributed by atoms with van der Waals surface area (Å²) in [6.07, 6.45) is 0.295. The van der Waals surface area contributed by atoms with E-state index in [4.69, 9.17) is 0 Å². The average molecular weight is 305 g/mol. The first-order valence-electron chi connectivity index (χ1n) is 7.90. The lowest BCUT2D eigenvalue weighted by molar-refractivity contribution is -0.130. The van der Waals surface area contributed by atoms with Crippen molar-refractivity contribution in [1.82, 2.24) is 9.80 Å². The monoisotopic (exact) mass is 305 g/mol. The third-order valence-electron chi connectivity index (χ3n) is 4.33. The van der Waals surface area contributed by atoms with Gasteiger partial charge in [-0.2, -0.15) is 0 Å². The Morgan fingerprint density at radius 2 is 1.77 bits per heavy atom. The van der Waals surface area contributed by atoms with Crippen LogP contribution in [0.4, 0.5) is 5.69 Å². The molecule has 122 valence electrons. The standard InChI is InChI=1S/C17H27N3O2/c1-14(21)20-12-10-19(11-13-20)9-8-17(22)15-4-6-16(7-5-15)18(2)3/h4-7,17,22H,8-13H2,1-3H3. The predicted molar refractivity (Wildman–Crippen MR) is 89.0 cm³/mol. The fourth-order valence-corrected chi connectivity index (χ4v) is 2.75. The molecule has 5 nitrogen and oxygen atoms in total. The fraction of sp³-hybridized carbons (Fsp3) is 0.588. The van der Waals surface area contributed by atoms with Crippen molar-refractivity contribution in [2.75, 3.05) is 51.7 Å². The van der Waals surface area contributed by atoms with Gasteiger partial charge in [0.05, 0.1) is 6.10 Å². The second-order valence-corrected chi connectivity index (χ2v) is 6.14. The van der Waals surface area contributed by atoms with Crippen LogP contribution in [0.5, 0.6) is 0 Å². The number of carbonyl (C=O) groups is 1. The molecule has 1 amide bonds. The minimum atomic E-state index is -0.429. The van der Waals surface area contributed by atoms with Crippen LogP contribution in [0.3, 0.4) is 0 Å². The molecule has 1 aromatic rings. The van der Waals surface area contributed by atoms with Gasteiger partial charge in [-0.05, 0) is 24.1 Å². The number of benzene rings is 1. The molecule has 1 aromatic carbocycles. The normalized spacial score (nSPS) is 17.4. The Balaban J connectivity index is 1.78. The van der Waals surface area contributed by atoms with Crippen molar-refractivity contribution < 1.29 is 9.90 Å². The molecule has 0 saturated carbocycles. The number of aliphatic hydroxyl groups excluding tert-OH is 1. The maximum absolute atomic E-state index is 11.3. The van der Waals surface area contributed by atoms with Crippen LogP contribution in [0.2, 0.25) is 0 Å². The van der Waals surface area contributed by atoms with E-state index >= 15 is 0 Å². The van der Waals surface area contributed by atoms with Crippen molar-refractivity contribution in [3.05, 3.63) is 29.8 Å². The molecule has 5 heteroatoms. The van der Waals surface area contributed by atoms with Crippen molar-refractivity contribution in [2.24, 2.45) is 0 Å². The summed E-state index contributed by atoms with van der Waals surface area (Å²) in [5.74, 6) is 0.153. The molecule has 0 radical (unpaired) electrons. The summed E-state index contributed by atoms with van der Waals surface area (Å²) in [7, 11) is 4.01. The highest BCUT2D eigenvalue weighted by atomic mass is 16.3. The van der Waals surface area contributed by atoms with Crippen molar-refractivity contribution in [1.29, 1.82) is 0 Å². The molecule has 2 rings (SSSR count). The van der Waals surface area contributed by atoms with Crippen molar-refractivity contribution in [2.45, 2.75) is 19.4 Å². The van der Waals surface area contributed by atoms with E-state index in [-0.39, 0.29) is 5.91 Å². The maximum atomic E-state index is 11.3. The number of rotatable bonds is 5. The Hall–Kier alpha value is -1.59. The van der Waals surface area contributed by atoms with Crippen LogP contribution in [0.25, 0.3) is 0 Å². The Morgan fingerprint density at radius 3 is 2.27 bits per heavy atom. The Kier molecular flexibility index (Phi) is 5.80. The van der Waals surface area contributed by atoms with Crippen LogP contribution >= 0.6 is 0 Å². The summed E-state index contributed by atoms with van der Waals surface area (Å²) in [5.41, 5.74) is 2.10. The van der Waals surface area contributed by atoms with Gasteiger partial charge in [-0.3, -0.25) is 9.69 Å². The van der Waals surface area contributed by atoms with Crippen LogP contribution in [0.15, 0.2) is 24.3 Å². The smallest absolute Gasteiger partial charge is 0.219 e. The molecule has 1 atom stereocenters. The first-order valence-corrected chi connectivity index (χ1v) is 7.90. The first-order chi connectivity index (χ1) is 10.5. The number of nitrogens with zero attached hydrogens (tertiary/aromatic N) is 3. The number of hydrogen-bond acceptors (Lipinski definition) is 4. The number of piperazine rings is 1. The van der Waals surface area contributed by atoms with Gasteiger partial charge >= 0.3 is 0 Å². The van der Waals surface area contributed by atoms with Crippen molar-refractivity contribution in [3.8, 4) is 0 Å². The number of anilines is 1. The van der Waals surface area contributed by atoms with Crippen LogP contribution < -0.4 is 4.90 Å². The molecule has 1 aliphatic rings. The zero-order valence-corrected chi connectivity index (χ0v) is 13.8. The Morgan fingerprint density at radius 1 is 1.18 bits per heavy atom. The fourth-order valence-electron chi connectivity index (χ4n) is 2.75. The minimum absolute atomic E-state index is 0.153. The van der Waals surface area contributed by atoms with E-state index in [0.29, 0.717) is 0 Å². The van der Waals surface area contributed by atoms with Gasteiger partial charge in [-0.25, -0.2) is 0 Å². The molecule has 1 unspecified atom stereocenters. The van der Waals surface area contributed by atoms with Crippen molar-refractivity contribution in [3.63, 3.8) is 0 Å². The van der Waals surface area contributed by atoms with Gasteiger partial charge in [0.25, 0.3) is 0 Å². The lowest BCUT2D eigenvalue weighted by atomic mass is 10.1. The Bertz CT molecular complexity index is 479. The van der Waals surface area contributed by atoms with Gasteiger partial charge < -0.3 is 14.9 Å². The Labute approximate surface area is 133 Å². The number of carbonyl (C=O) groups excluding carboxylic acids is 1. The largest absolute Gasteiger partial charge is 0.388 e. The van der Waals surface area contributed by atoms with E-state index in [9.17, 15) is 9.90 Å². The van der Waals surface area contributed by atoms with E-state index in [1.165, 1.54) is 0 Å². The number of aliphatic hydroxyl groups is 1. The first kappa shape index (κ1) is 16.8. The zero-order valence-electron chi connectivity index (χ0n) is 13.8. The molecule has 22 heavy (non-hydrogen) atoms. The van der Waals surface area contributed by atoms with Crippen LogP contribution in [0.1, 0.15) is 25.0 Å². The summed E-state index contributed by atoms with van der Waals surface area (Å²) in [6.45, 7) is 5.86. The molecule has 1 N–H and O–H groups in total. The second-order valence-electron chi connectivity index (χ2n) is 6.14. The second kappa shape index (κ2) is 7.61. The SMILES string of the molecule is CC(=O)N1CCN(CCC(O)c2ccc(N(C)C)cc2)CC1. The molecule has 0 bridgehead atoms. The van der Waals surface area contributed by atoms with Gasteiger partial charge in [0.2, 0.25) is 5.91 Å². The number of hydrogen-bond donors (Lipinski definition) is 1. The third kappa shape index (κ3) is 4.45. The summed E-state index contributed by atoms with van der Waals surface area (Å²) in [5, 5.41) is 10.3. The number of amides is 1. The van der Waals surface area contributed by atoms with Gasteiger partial charge in [-0.1, -0.05) is 12.1 Å². The van der Waals surface area contributed by atoms with E-state index in [1.54, 1.807) is 6.92 Å². The molecule has 1 heterocycles. The average Bonchev–Trinajstić information content (AvgIpc) is 2.53. The van der Waals surface area contributed by atoms with Crippen LogP contribution in [-0.4, -0.2) is 67.6 Å². The quantitative estimate of drug-likeness (QED) is 0.892. The van der Waals surface area contributed by atoms with Crippen LogP contribution in [0, 0.1) is 0 Å². The molecule has 1 saturated heterocycles. The van der Waals surface area contributed by atoms with Gasteiger partial charge in [-0.15, -0.1) is 0 Å². The third-order valence-corrected chi connectivity index (χ3v) is 4.33. The molecule has 0 aromatic heterocycles. The minimum Gasteiger partial charge on any atom is -0.388 e.